The maximum Gasteiger partial charge on any atom is 0.300 e. The Labute approximate surface area is 123 Å². The summed E-state index contributed by atoms with van der Waals surface area (Å²) < 4.78 is 0. The summed E-state index contributed by atoms with van der Waals surface area (Å²) in [5.74, 6) is 3.48. The number of nitro groups is 2. The first-order chi connectivity index (χ1) is 9.58. The van der Waals surface area contributed by atoms with E-state index in [2.05, 4.69) is 5.43 Å². The van der Waals surface area contributed by atoms with Crippen molar-refractivity contribution in [3.63, 3.8) is 0 Å². The molecule has 0 saturated carbocycles. The quantitative estimate of drug-likeness (QED) is 0.668. The fourth-order valence-electron chi connectivity index (χ4n) is 1.62. The number of nitrogens with one attached hydrogen (secondary N) is 1. The number of hydrogen-bond donors (Lipinski definition) is 1. The van der Waals surface area contributed by atoms with E-state index in [9.17, 15) is 20.2 Å². The number of non-ortho nitro benzene ring substituents is 1. The van der Waals surface area contributed by atoms with Gasteiger partial charge in [0.15, 0.2) is 0 Å². The lowest BCUT2D eigenvalue weighted by Gasteiger charge is -2.20. The van der Waals surface area contributed by atoms with E-state index in [4.69, 9.17) is 0 Å². The van der Waals surface area contributed by atoms with Gasteiger partial charge in [0.05, 0.1) is 27.7 Å². The van der Waals surface area contributed by atoms with Gasteiger partial charge in [-0.25, -0.2) is 5.01 Å². The fraction of sp³-hybridized carbons (Fsp3) is 0.400. The molecule has 1 heterocycles. The Hall–Kier alpha value is -1.52. The van der Waals surface area contributed by atoms with Crippen molar-refractivity contribution in [1.82, 2.24) is 5.01 Å². The first-order valence-electron chi connectivity index (χ1n) is 5.68. The summed E-state index contributed by atoms with van der Waals surface area (Å²) in [6.45, 7) is 0. The number of thioether (sulfide) groups is 2. The Kier molecular flexibility index (Phi) is 5.04. The highest BCUT2D eigenvalue weighted by molar-refractivity contribution is 8.03. The number of nitro benzene ring substituents is 2. The molecule has 0 spiro atoms. The van der Waals surface area contributed by atoms with Crippen LogP contribution in [0.2, 0.25) is 0 Å². The molecule has 10 heteroatoms. The third-order valence-electron chi connectivity index (χ3n) is 2.53. The van der Waals surface area contributed by atoms with E-state index in [0.717, 1.165) is 17.6 Å². The van der Waals surface area contributed by atoms with Crippen molar-refractivity contribution < 1.29 is 9.85 Å². The molecule has 8 nitrogen and oxygen atoms in total. The van der Waals surface area contributed by atoms with E-state index >= 15 is 0 Å². The van der Waals surface area contributed by atoms with Crippen LogP contribution in [0.5, 0.6) is 0 Å². The van der Waals surface area contributed by atoms with Crippen molar-refractivity contribution in [1.29, 1.82) is 0 Å². The second-order valence-electron chi connectivity index (χ2n) is 3.94. The largest absolute Gasteiger partial charge is 0.311 e. The van der Waals surface area contributed by atoms with Gasteiger partial charge in [0.2, 0.25) is 0 Å². The Morgan fingerprint density at radius 3 is 2.30 bits per heavy atom. The molecule has 0 amide bonds. The van der Waals surface area contributed by atoms with E-state index < -0.39 is 9.85 Å². The molecular formula is C10H12N4O4S2. The van der Waals surface area contributed by atoms with E-state index in [1.54, 1.807) is 23.5 Å². The van der Waals surface area contributed by atoms with Crippen LogP contribution in [0.1, 0.15) is 0 Å². The third-order valence-corrected chi connectivity index (χ3v) is 4.77. The second-order valence-corrected chi connectivity index (χ2v) is 6.09. The summed E-state index contributed by atoms with van der Waals surface area (Å²) in [5.41, 5.74) is 2.65. The van der Waals surface area contributed by atoms with Gasteiger partial charge in [-0.3, -0.25) is 20.2 Å². The normalized spacial score (nSPS) is 16.4. The molecule has 2 rings (SSSR count). The molecule has 20 heavy (non-hydrogen) atoms. The number of rotatable bonds is 4. The first kappa shape index (κ1) is 14.9. The maximum absolute atomic E-state index is 11.0. The highest BCUT2D eigenvalue weighted by Gasteiger charge is 2.21. The molecule has 0 unspecified atom stereocenters. The lowest BCUT2D eigenvalue weighted by molar-refractivity contribution is -0.393. The van der Waals surface area contributed by atoms with Crippen molar-refractivity contribution in [2.24, 2.45) is 0 Å². The van der Waals surface area contributed by atoms with Gasteiger partial charge >= 0.3 is 5.69 Å². The van der Waals surface area contributed by atoms with Crippen LogP contribution in [-0.2, 0) is 0 Å². The summed E-state index contributed by atoms with van der Waals surface area (Å²) in [4.78, 5) is 20.4. The smallest absolute Gasteiger partial charge is 0.300 e. The van der Waals surface area contributed by atoms with Gasteiger partial charge < -0.3 is 5.43 Å². The van der Waals surface area contributed by atoms with E-state index in [1.165, 1.54) is 12.1 Å². The molecule has 0 bridgehead atoms. The minimum Gasteiger partial charge on any atom is -0.311 e. The Balaban J connectivity index is 2.21. The molecule has 0 atom stereocenters. The molecule has 1 saturated heterocycles. The van der Waals surface area contributed by atoms with E-state index in [1.807, 2.05) is 5.01 Å². The molecule has 0 radical (unpaired) electrons. The summed E-state index contributed by atoms with van der Waals surface area (Å²) >= 11 is 3.46. The topological polar surface area (TPSA) is 102 Å². The van der Waals surface area contributed by atoms with Crippen molar-refractivity contribution in [2.75, 3.05) is 28.7 Å². The van der Waals surface area contributed by atoms with Gasteiger partial charge in [-0.05, 0) is 6.07 Å². The highest BCUT2D eigenvalue weighted by Crippen LogP contribution is 2.30. The summed E-state index contributed by atoms with van der Waals surface area (Å²) in [6.07, 6.45) is 0. The van der Waals surface area contributed by atoms with Gasteiger partial charge in [0.25, 0.3) is 5.69 Å². The number of anilines is 1. The van der Waals surface area contributed by atoms with Gasteiger partial charge in [-0.15, -0.1) is 23.5 Å². The zero-order chi connectivity index (χ0) is 14.5. The Morgan fingerprint density at radius 1 is 1.10 bits per heavy atom. The van der Waals surface area contributed by atoms with Crippen molar-refractivity contribution in [2.45, 2.75) is 0 Å². The van der Waals surface area contributed by atoms with Gasteiger partial charge in [-0.1, -0.05) is 0 Å². The monoisotopic (exact) mass is 316 g/mol. The number of hydrogen-bond acceptors (Lipinski definition) is 8. The SMILES string of the molecule is O=[N+]([O-])c1ccc(NN2CSCCSC2)c([N+](=O)[O-])c1. The van der Waals surface area contributed by atoms with Crippen LogP contribution in [0.25, 0.3) is 0 Å². The highest BCUT2D eigenvalue weighted by atomic mass is 32.2. The standard InChI is InChI=1S/C10H12N4O4S2/c15-13(16)8-1-2-9(10(5-8)14(17)18)11-12-6-19-3-4-20-7-12/h1-2,5,11H,3-4,6-7H2. The van der Waals surface area contributed by atoms with Gasteiger partial charge in [0, 0.05) is 17.6 Å². The molecule has 108 valence electrons. The van der Waals surface area contributed by atoms with E-state index in [-0.39, 0.29) is 17.1 Å². The average molecular weight is 316 g/mol. The molecule has 1 aromatic rings. The average Bonchev–Trinajstić information content (AvgIpc) is 2.67. The number of hydrazine groups is 1. The zero-order valence-corrected chi connectivity index (χ0v) is 12.0. The first-order valence-corrected chi connectivity index (χ1v) is 7.99. The molecular weight excluding hydrogens is 304 g/mol. The van der Waals surface area contributed by atoms with Crippen LogP contribution in [-0.4, -0.2) is 38.1 Å². The van der Waals surface area contributed by atoms with Crippen molar-refractivity contribution in [3.8, 4) is 0 Å². The minimum absolute atomic E-state index is 0.267. The lowest BCUT2D eigenvalue weighted by Crippen LogP contribution is -2.28. The van der Waals surface area contributed by atoms with Crippen LogP contribution >= 0.6 is 23.5 Å². The van der Waals surface area contributed by atoms with Crippen LogP contribution < -0.4 is 5.43 Å². The van der Waals surface area contributed by atoms with Crippen molar-refractivity contribution in [3.05, 3.63) is 38.4 Å². The Bertz CT molecular complexity index is 520. The van der Waals surface area contributed by atoms with E-state index in [0.29, 0.717) is 11.8 Å². The number of nitrogens with zero attached hydrogens (tertiary/aromatic N) is 3. The maximum atomic E-state index is 11.0. The van der Waals surface area contributed by atoms with Gasteiger partial charge in [-0.2, -0.15) is 0 Å². The summed E-state index contributed by atoms with van der Waals surface area (Å²) in [7, 11) is 0. The number of benzene rings is 1. The fourth-order valence-corrected chi connectivity index (χ4v) is 3.69. The minimum atomic E-state index is -0.644. The molecule has 1 fully saturated rings. The zero-order valence-electron chi connectivity index (χ0n) is 10.4. The molecule has 1 aromatic carbocycles. The van der Waals surface area contributed by atoms with Crippen LogP contribution in [0, 0.1) is 20.2 Å². The lowest BCUT2D eigenvalue weighted by atomic mass is 10.2. The molecule has 1 N–H and O–H groups in total. The van der Waals surface area contributed by atoms with Crippen molar-refractivity contribution >= 4 is 40.6 Å². The predicted molar refractivity (Wildman–Crippen MR) is 79.9 cm³/mol. The third kappa shape index (κ3) is 3.74. The van der Waals surface area contributed by atoms with Crippen LogP contribution in [0.15, 0.2) is 18.2 Å². The molecule has 1 aliphatic rings. The second kappa shape index (κ2) is 6.77. The predicted octanol–water partition coefficient (Wildman–Crippen LogP) is 2.53. The Morgan fingerprint density at radius 2 is 1.75 bits per heavy atom. The molecule has 1 aliphatic heterocycles. The molecule has 0 aliphatic carbocycles. The van der Waals surface area contributed by atoms with Crippen LogP contribution in [0.4, 0.5) is 17.1 Å². The summed E-state index contributed by atoms with van der Waals surface area (Å²) in [5, 5.41) is 23.5. The van der Waals surface area contributed by atoms with Gasteiger partial charge in [0.1, 0.15) is 5.69 Å². The van der Waals surface area contributed by atoms with Crippen LogP contribution in [0.3, 0.4) is 0 Å². The molecule has 0 aromatic heterocycles. The summed E-state index contributed by atoms with van der Waals surface area (Å²) in [6, 6.07) is 3.60.